The van der Waals surface area contributed by atoms with Crippen LogP contribution >= 0.6 is 0 Å². The molecule has 90 valence electrons. The van der Waals surface area contributed by atoms with Gasteiger partial charge in [-0.05, 0) is 13.0 Å². The molecule has 0 spiro atoms. The third-order valence-corrected chi connectivity index (χ3v) is 2.22. The first-order valence-corrected chi connectivity index (χ1v) is 4.98. The monoisotopic (exact) mass is 234 g/mol. The van der Waals surface area contributed by atoms with Gasteiger partial charge in [-0.15, -0.1) is 0 Å². The summed E-state index contributed by atoms with van der Waals surface area (Å²) in [5.41, 5.74) is -0.972. The zero-order valence-electron chi connectivity index (χ0n) is 9.98. The highest BCUT2D eigenvalue weighted by Crippen LogP contribution is 2.28. The quantitative estimate of drug-likeness (QED) is 0.472. The first-order valence-electron chi connectivity index (χ1n) is 4.98. The van der Waals surface area contributed by atoms with Crippen LogP contribution in [-0.4, -0.2) is 25.3 Å². The van der Waals surface area contributed by atoms with E-state index in [0.29, 0.717) is 11.3 Å². The molecule has 0 saturated heterocycles. The molecule has 0 heterocycles. The molecular formula is C13H14O4. The molecule has 0 saturated carbocycles. The number of carbonyl (C=O) groups is 1. The lowest BCUT2D eigenvalue weighted by atomic mass is 9.96. The largest absolute Gasteiger partial charge is 0.496 e. The first-order chi connectivity index (χ1) is 8.01. The Balaban J connectivity index is 3.11. The van der Waals surface area contributed by atoms with Crippen LogP contribution in [0.1, 0.15) is 12.5 Å². The summed E-state index contributed by atoms with van der Waals surface area (Å²) in [5.74, 6) is 4.47. The van der Waals surface area contributed by atoms with Gasteiger partial charge in [-0.25, -0.2) is 4.79 Å². The lowest BCUT2D eigenvalue weighted by Gasteiger charge is -2.19. The van der Waals surface area contributed by atoms with Crippen molar-refractivity contribution in [3.05, 3.63) is 29.8 Å². The molecule has 1 rings (SSSR count). The van der Waals surface area contributed by atoms with E-state index in [2.05, 4.69) is 16.6 Å². The van der Waals surface area contributed by atoms with Gasteiger partial charge in [0, 0.05) is 11.5 Å². The number of para-hydroxylation sites is 1. The summed E-state index contributed by atoms with van der Waals surface area (Å²) in [7, 11) is 2.73. The van der Waals surface area contributed by atoms with Crippen LogP contribution in [-0.2, 0) is 15.1 Å². The highest BCUT2D eigenvalue weighted by atomic mass is 16.5. The minimum atomic E-state index is -1.47. The molecule has 0 aromatic heterocycles. The minimum absolute atomic E-state index is 0.499. The first kappa shape index (κ1) is 13.1. The maximum Gasteiger partial charge on any atom is 0.384 e. The van der Waals surface area contributed by atoms with Crippen molar-refractivity contribution in [3.63, 3.8) is 0 Å². The van der Waals surface area contributed by atoms with Gasteiger partial charge in [-0.1, -0.05) is 24.1 Å². The fourth-order valence-electron chi connectivity index (χ4n) is 1.34. The van der Waals surface area contributed by atoms with E-state index in [0.717, 1.165) is 0 Å². The van der Waals surface area contributed by atoms with Gasteiger partial charge in [-0.2, -0.15) is 0 Å². The molecule has 1 aromatic carbocycles. The predicted molar refractivity (Wildman–Crippen MR) is 62.4 cm³/mol. The Morgan fingerprint density at radius 1 is 1.35 bits per heavy atom. The molecule has 0 aliphatic rings. The number of hydrogen-bond donors (Lipinski definition) is 1. The number of hydrogen-bond acceptors (Lipinski definition) is 4. The number of ether oxygens (including phenoxy) is 2. The molecule has 0 amide bonds. The molecule has 0 radical (unpaired) electrons. The van der Waals surface area contributed by atoms with E-state index in [1.807, 2.05) is 0 Å². The summed E-state index contributed by atoms with van der Waals surface area (Å²) in [4.78, 5) is 10.9. The van der Waals surface area contributed by atoms with Crippen molar-refractivity contribution in [2.75, 3.05) is 14.2 Å². The van der Waals surface area contributed by atoms with E-state index in [-0.39, 0.29) is 0 Å². The summed E-state index contributed by atoms with van der Waals surface area (Å²) >= 11 is 0. The van der Waals surface area contributed by atoms with Gasteiger partial charge in [0.25, 0.3) is 0 Å². The number of rotatable bonds is 2. The Bertz CT molecular complexity index is 466. The van der Waals surface area contributed by atoms with Gasteiger partial charge in [0.2, 0.25) is 0 Å². The Morgan fingerprint density at radius 2 is 2.00 bits per heavy atom. The van der Waals surface area contributed by atoms with E-state index >= 15 is 0 Å². The van der Waals surface area contributed by atoms with Crippen LogP contribution in [0.3, 0.4) is 0 Å². The predicted octanol–water partition coefficient (Wildman–Crippen LogP) is 1.08. The van der Waals surface area contributed by atoms with E-state index < -0.39 is 11.6 Å². The molecule has 1 N–H and O–H groups in total. The highest BCUT2D eigenvalue weighted by Gasteiger charge is 2.24. The zero-order chi connectivity index (χ0) is 12.9. The van der Waals surface area contributed by atoms with Crippen LogP contribution < -0.4 is 4.74 Å². The van der Waals surface area contributed by atoms with Crippen LogP contribution in [0.25, 0.3) is 0 Å². The number of esters is 1. The molecule has 0 fully saturated rings. The molecule has 4 heteroatoms. The fraction of sp³-hybridized carbons (Fsp3) is 0.308. The number of aliphatic hydroxyl groups is 1. The topological polar surface area (TPSA) is 55.8 Å². The maximum absolute atomic E-state index is 10.9. The Labute approximate surface area is 100 Å². The SMILES string of the molecule is COC(=O)C#CC(C)(O)c1ccccc1OC. The van der Waals surface area contributed by atoms with Crippen molar-refractivity contribution in [2.45, 2.75) is 12.5 Å². The zero-order valence-corrected chi connectivity index (χ0v) is 9.98. The summed E-state index contributed by atoms with van der Waals surface area (Å²) in [6.07, 6.45) is 0. The molecule has 0 bridgehead atoms. The van der Waals surface area contributed by atoms with Crippen LogP contribution in [0.5, 0.6) is 5.75 Å². The van der Waals surface area contributed by atoms with E-state index in [9.17, 15) is 9.90 Å². The van der Waals surface area contributed by atoms with Crippen LogP contribution in [0.15, 0.2) is 24.3 Å². The molecule has 0 aliphatic heterocycles. The molecule has 1 atom stereocenters. The van der Waals surface area contributed by atoms with Crippen molar-refractivity contribution in [1.29, 1.82) is 0 Å². The summed E-state index contributed by atoms with van der Waals surface area (Å²) in [5, 5.41) is 10.2. The minimum Gasteiger partial charge on any atom is -0.496 e. The number of benzene rings is 1. The third-order valence-electron chi connectivity index (χ3n) is 2.22. The standard InChI is InChI=1S/C13H14O4/c1-13(15,9-8-12(14)17-3)10-6-4-5-7-11(10)16-2/h4-7,15H,1-3H3. The smallest absolute Gasteiger partial charge is 0.384 e. The Morgan fingerprint density at radius 3 is 2.59 bits per heavy atom. The Kier molecular flexibility index (Phi) is 4.13. The lowest BCUT2D eigenvalue weighted by molar-refractivity contribution is -0.133. The number of methoxy groups -OCH3 is 2. The van der Waals surface area contributed by atoms with Crippen molar-refractivity contribution in [3.8, 4) is 17.6 Å². The second-order valence-corrected chi connectivity index (χ2v) is 3.51. The van der Waals surface area contributed by atoms with Crippen LogP contribution in [0.2, 0.25) is 0 Å². The van der Waals surface area contributed by atoms with Gasteiger partial charge in [-0.3, -0.25) is 0 Å². The van der Waals surface area contributed by atoms with E-state index in [1.165, 1.54) is 21.1 Å². The van der Waals surface area contributed by atoms with Gasteiger partial charge >= 0.3 is 5.97 Å². The third kappa shape index (κ3) is 3.23. The average Bonchev–Trinajstić information content (AvgIpc) is 2.35. The highest BCUT2D eigenvalue weighted by molar-refractivity contribution is 5.88. The van der Waals surface area contributed by atoms with Crippen LogP contribution in [0, 0.1) is 11.8 Å². The normalized spacial score (nSPS) is 12.9. The summed E-state index contributed by atoms with van der Waals surface area (Å²) in [6.45, 7) is 1.49. The second-order valence-electron chi connectivity index (χ2n) is 3.51. The van der Waals surface area contributed by atoms with Crippen molar-refractivity contribution in [1.82, 2.24) is 0 Å². The van der Waals surface area contributed by atoms with Gasteiger partial charge in [0.15, 0.2) is 5.60 Å². The molecule has 17 heavy (non-hydrogen) atoms. The van der Waals surface area contributed by atoms with Crippen molar-refractivity contribution >= 4 is 5.97 Å². The molecular weight excluding hydrogens is 220 g/mol. The van der Waals surface area contributed by atoms with Gasteiger partial charge in [0.1, 0.15) is 5.75 Å². The summed E-state index contributed by atoms with van der Waals surface area (Å²) < 4.78 is 9.50. The molecule has 0 aliphatic carbocycles. The maximum atomic E-state index is 10.9. The molecule has 4 nitrogen and oxygen atoms in total. The van der Waals surface area contributed by atoms with Crippen molar-refractivity contribution in [2.24, 2.45) is 0 Å². The number of carbonyl (C=O) groups excluding carboxylic acids is 1. The van der Waals surface area contributed by atoms with E-state index in [1.54, 1.807) is 24.3 Å². The average molecular weight is 234 g/mol. The van der Waals surface area contributed by atoms with Crippen LogP contribution in [0.4, 0.5) is 0 Å². The molecule has 1 unspecified atom stereocenters. The van der Waals surface area contributed by atoms with E-state index in [4.69, 9.17) is 4.74 Å². The molecule has 1 aromatic rings. The van der Waals surface area contributed by atoms with Crippen molar-refractivity contribution < 1.29 is 19.4 Å². The second kappa shape index (κ2) is 5.37. The fourth-order valence-corrected chi connectivity index (χ4v) is 1.34. The van der Waals surface area contributed by atoms with Gasteiger partial charge in [0.05, 0.1) is 14.2 Å². The Hall–Kier alpha value is -1.99. The van der Waals surface area contributed by atoms with Gasteiger partial charge < -0.3 is 14.6 Å². The lowest BCUT2D eigenvalue weighted by Crippen LogP contribution is -2.20. The summed E-state index contributed by atoms with van der Waals surface area (Å²) in [6, 6.07) is 6.94.